The molecule has 1 aromatic heterocycles. The first-order valence-electron chi connectivity index (χ1n) is 6.36. The summed E-state index contributed by atoms with van der Waals surface area (Å²) in [6, 6.07) is 10.7. The molecule has 118 valence electrons. The van der Waals surface area contributed by atoms with Gasteiger partial charge >= 0.3 is 0 Å². The molecule has 23 heavy (non-hydrogen) atoms. The zero-order valence-corrected chi connectivity index (χ0v) is 15.3. The summed E-state index contributed by atoms with van der Waals surface area (Å²) in [6.45, 7) is -0.165. The van der Waals surface area contributed by atoms with Gasteiger partial charge in [0.2, 0.25) is 5.12 Å². The molecule has 0 amide bonds. The van der Waals surface area contributed by atoms with Crippen molar-refractivity contribution in [3.05, 3.63) is 51.5 Å². The van der Waals surface area contributed by atoms with Crippen molar-refractivity contribution < 1.29 is 9.53 Å². The third kappa shape index (κ3) is 4.11. The van der Waals surface area contributed by atoms with Gasteiger partial charge in [0.05, 0.1) is 20.3 Å². The van der Waals surface area contributed by atoms with Crippen LogP contribution in [0.15, 0.2) is 40.7 Å². The number of para-hydroxylation sites is 1. The zero-order chi connectivity index (χ0) is 16.4. The van der Waals surface area contributed by atoms with Gasteiger partial charge in [0.25, 0.3) is 0 Å². The van der Waals surface area contributed by atoms with Crippen molar-refractivity contribution >= 4 is 73.2 Å². The molecule has 0 unspecified atom stereocenters. The lowest BCUT2D eigenvalue weighted by molar-refractivity contribution is -0.112. The molecule has 0 aliphatic carbocycles. The van der Waals surface area contributed by atoms with E-state index in [4.69, 9.17) is 39.5 Å². The lowest BCUT2D eigenvalue weighted by atomic mass is 10.3. The van der Waals surface area contributed by atoms with Gasteiger partial charge in [-0.2, -0.15) is 0 Å². The normalized spacial score (nSPS) is 10.9. The number of aromatic nitrogens is 1. The minimum Gasteiger partial charge on any atom is -0.482 e. The molecule has 0 fully saturated rings. The average Bonchev–Trinajstić information content (AvgIpc) is 2.88. The lowest BCUT2D eigenvalue weighted by Crippen LogP contribution is -2.07. The number of thiazole rings is 1. The first-order valence-corrected chi connectivity index (χ1v) is 9.13. The second-order valence-corrected chi connectivity index (χ2v) is 7.99. The van der Waals surface area contributed by atoms with Crippen molar-refractivity contribution in [2.24, 2.45) is 0 Å². The SMILES string of the molecule is O=C(COc1c(Cl)cc(Cl)cc1Cl)Sc1nc2ccccc2s1. The second kappa shape index (κ2) is 7.28. The Hall–Kier alpha value is -0.980. The monoisotopic (exact) mass is 403 g/mol. The predicted molar refractivity (Wildman–Crippen MR) is 97.5 cm³/mol. The number of carbonyl (C=O) groups is 1. The number of hydrogen-bond acceptors (Lipinski definition) is 5. The van der Waals surface area contributed by atoms with Crippen LogP contribution in [-0.4, -0.2) is 16.7 Å². The molecular formula is C15H8Cl3NO2S2. The van der Waals surface area contributed by atoms with E-state index >= 15 is 0 Å². The van der Waals surface area contributed by atoms with Crippen molar-refractivity contribution in [2.45, 2.75) is 4.34 Å². The zero-order valence-electron chi connectivity index (χ0n) is 11.4. The highest BCUT2D eigenvalue weighted by atomic mass is 35.5. The van der Waals surface area contributed by atoms with E-state index in [9.17, 15) is 4.79 Å². The van der Waals surface area contributed by atoms with Gasteiger partial charge in [0.1, 0.15) is 0 Å². The van der Waals surface area contributed by atoms with Crippen molar-refractivity contribution in [2.75, 3.05) is 6.61 Å². The number of fused-ring (bicyclic) bond motifs is 1. The Balaban J connectivity index is 1.66. The summed E-state index contributed by atoms with van der Waals surface area (Å²) < 4.78 is 7.12. The Morgan fingerprint density at radius 3 is 2.57 bits per heavy atom. The van der Waals surface area contributed by atoms with Gasteiger partial charge in [-0.05, 0) is 36.0 Å². The van der Waals surface area contributed by atoms with E-state index in [-0.39, 0.29) is 27.5 Å². The molecule has 8 heteroatoms. The second-order valence-electron chi connectivity index (χ2n) is 4.41. The van der Waals surface area contributed by atoms with E-state index in [0.29, 0.717) is 9.36 Å². The molecule has 0 saturated carbocycles. The number of hydrogen-bond donors (Lipinski definition) is 0. The van der Waals surface area contributed by atoms with Crippen LogP contribution in [0.2, 0.25) is 15.1 Å². The number of thioether (sulfide) groups is 1. The number of nitrogens with zero attached hydrogens (tertiary/aromatic N) is 1. The van der Waals surface area contributed by atoms with Crippen molar-refractivity contribution in [3.8, 4) is 5.75 Å². The van der Waals surface area contributed by atoms with Gasteiger partial charge < -0.3 is 4.74 Å². The maximum absolute atomic E-state index is 12.0. The molecule has 0 N–H and O–H groups in total. The summed E-state index contributed by atoms with van der Waals surface area (Å²) in [6.07, 6.45) is 0. The van der Waals surface area contributed by atoms with Crippen LogP contribution in [0.5, 0.6) is 5.75 Å². The summed E-state index contributed by atoms with van der Waals surface area (Å²) in [5.74, 6) is 0.246. The fourth-order valence-electron chi connectivity index (χ4n) is 1.82. The average molecular weight is 405 g/mol. The third-order valence-electron chi connectivity index (χ3n) is 2.77. The van der Waals surface area contributed by atoms with Crippen molar-refractivity contribution in [3.63, 3.8) is 0 Å². The van der Waals surface area contributed by atoms with Gasteiger partial charge in [0, 0.05) is 5.02 Å². The minimum atomic E-state index is -0.189. The summed E-state index contributed by atoms with van der Waals surface area (Å²) >= 11 is 20.3. The number of carbonyl (C=O) groups excluding carboxylic acids is 1. The number of rotatable bonds is 4. The van der Waals surface area contributed by atoms with E-state index in [2.05, 4.69) is 4.98 Å². The highest BCUT2D eigenvalue weighted by Gasteiger charge is 2.14. The van der Waals surface area contributed by atoms with Gasteiger partial charge in [-0.15, -0.1) is 11.3 Å². The molecule has 0 spiro atoms. The third-order valence-corrected chi connectivity index (χ3v) is 5.50. The Morgan fingerprint density at radius 2 is 1.87 bits per heavy atom. The Labute approximate surface area is 155 Å². The number of halogens is 3. The molecule has 0 aliphatic heterocycles. The smallest absolute Gasteiger partial charge is 0.233 e. The molecule has 0 bridgehead atoms. The van der Waals surface area contributed by atoms with Crippen LogP contribution < -0.4 is 4.74 Å². The first-order chi connectivity index (χ1) is 11.0. The molecule has 1 heterocycles. The summed E-state index contributed by atoms with van der Waals surface area (Å²) in [5, 5.41) is 0.745. The van der Waals surface area contributed by atoms with Crippen LogP contribution >= 0.6 is 57.9 Å². The molecule has 0 radical (unpaired) electrons. The topological polar surface area (TPSA) is 39.2 Å². The van der Waals surface area contributed by atoms with E-state index < -0.39 is 0 Å². The van der Waals surface area contributed by atoms with Crippen molar-refractivity contribution in [1.29, 1.82) is 0 Å². The molecule has 3 nitrogen and oxygen atoms in total. The van der Waals surface area contributed by atoms with Crippen LogP contribution in [-0.2, 0) is 4.79 Å². The fourth-order valence-corrected chi connectivity index (χ4v) is 4.61. The standard InChI is InChI=1S/C15H8Cl3NO2S2/c16-8-5-9(17)14(10(18)6-8)21-7-13(20)23-15-19-11-3-1-2-4-12(11)22-15/h1-6H,7H2. The molecule has 3 aromatic rings. The van der Waals surface area contributed by atoms with Gasteiger partial charge in [-0.25, -0.2) is 4.98 Å². The van der Waals surface area contributed by atoms with Gasteiger partial charge in [0.15, 0.2) is 16.7 Å². The summed E-state index contributed by atoms with van der Waals surface area (Å²) in [7, 11) is 0. The van der Waals surface area contributed by atoms with E-state index in [1.165, 1.54) is 23.5 Å². The highest BCUT2D eigenvalue weighted by molar-refractivity contribution is 8.15. The van der Waals surface area contributed by atoms with E-state index in [0.717, 1.165) is 22.0 Å². The predicted octanol–water partition coefficient (Wildman–Crippen LogP) is 5.95. The highest BCUT2D eigenvalue weighted by Crippen LogP contribution is 2.36. The maximum Gasteiger partial charge on any atom is 0.233 e. The molecular weight excluding hydrogens is 397 g/mol. The largest absolute Gasteiger partial charge is 0.482 e. The van der Waals surface area contributed by atoms with E-state index in [1.54, 1.807) is 0 Å². The Bertz CT molecular complexity index is 826. The van der Waals surface area contributed by atoms with Crippen LogP contribution in [0, 0.1) is 0 Å². The Morgan fingerprint density at radius 1 is 1.17 bits per heavy atom. The lowest BCUT2D eigenvalue weighted by Gasteiger charge is -2.09. The molecule has 3 rings (SSSR count). The van der Waals surface area contributed by atoms with Crippen LogP contribution in [0.4, 0.5) is 0 Å². The quantitative estimate of drug-likeness (QED) is 0.503. The van der Waals surface area contributed by atoms with E-state index in [1.807, 2.05) is 24.3 Å². The van der Waals surface area contributed by atoms with Gasteiger partial charge in [-0.1, -0.05) is 46.9 Å². The van der Waals surface area contributed by atoms with Crippen LogP contribution in [0.3, 0.4) is 0 Å². The molecule has 0 saturated heterocycles. The first kappa shape index (κ1) is 16.9. The Kier molecular flexibility index (Phi) is 5.34. The minimum absolute atomic E-state index is 0.165. The van der Waals surface area contributed by atoms with Crippen molar-refractivity contribution in [1.82, 2.24) is 4.98 Å². The molecule has 0 aliphatic rings. The molecule has 2 aromatic carbocycles. The summed E-state index contributed by atoms with van der Waals surface area (Å²) in [4.78, 5) is 16.4. The molecule has 0 atom stereocenters. The number of ether oxygens (including phenoxy) is 1. The van der Waals surface area contributed by atoms with Gasteiger partial charge in [-0.3, -0.25) is 4.79 Å². The summed E-state index contributed by atoms with van der Waals surface area (Å²) in [5.41, 5.74) is 0.873. The number of benzene rings is 2. The maximum atomic E-state index is 12.0. The van der Waals surface area contributed by atoms with Crippen LogP contribution in [0.25, 0.3) is 10.2 Å². The fraction of sp³-hybridized carbons (Fsp3) is 0.0667. The van der Waals surface area contributed by atoms with Crippen LogP contribution in [0.1, 0.15) is 0 Å².